The molecule has 29 heavy (non-hydrogen) atoms. The van der Waals surface area contributed by atoms with Crippen molar-refractivity contribution < 1.29 is 22.7 Å². The van der Waals surface area contributed by atoms with Crippen LogP contribution in [0.2, 0.25) is 0 Å². The van der Waals surface area contributed by atoms with E-state index in [9.17, 15) is 18.0 Å². The van der Waals surface area contributed by atoms with Gasteiger partial charge in [0, 0.05) is 12.2 Å². The Hall–Kier alpha value is -3.23. The molecule has 3 rings (SSSR count). The summed E-state index contributed by atoms with van der Waals surface area (Å²) in [6.45, 7) is 1.29. The lowest BCUT2D eigenvalue weighted by molar-refractivity contribution is 0.0473. The van der Waals surface area contributed by atoms with E-state index in [2.05, 4.69) is 9.71 Å². The summed E-state index contributed by atoms with van der Waals surface area (Å²) in [5, 5.41) is 0. The van der Waals surface area contributed by atoms with Crippen LogP contribution in [0.25, 0.3) is 0 Å². The lowest BCUT2D eigenvalue weighted by atomic mass is 10.1. The molecule has 0 bridgehead atoms. The van der Waals surface area contributed by atoms with E-state index in [-0.39, 0.29) is 16.2 Å². The van der Waals surface area contributed by atoms with Crippen LogP contribution in [0.3, 0.4) is 0 Å². The third-order valence-electron chi connectivity index (χ3n) is 4.24. The van der Waals surface area contributed by atoms with Gasteiger partial charge in [-0.2, -0.15) is 0 Å². The second-order valence-electron chi connectivity index (χ2n) is 6.36. The normalized spacial score (nSPS) is 12.3. The van der Waals surface area contributed by atoms with Crippen molar-refractivity contribution in [1.29, 1.82) is 0 Å². The van der Waals surface area contributed by atoms with Crippen LogP contribution >= 0.6 is 0 Å². The number of Topliss-reactive ketones (excluding diaryl/α,β-unsaturated/α-hetero) is 1. The fraction of sp³-hybridized carbons (Fsp3) is 0.143. The van der Waals surface area contributed by atoms with Crippen molar-refractivity contribution in [3.8, 4) is 0 Å². The van der Waals surface area contributed by atoms with Gasteiger partial charge >= 0.3 is 5.97 Å². The molecule has 1 atom stereocenters. The summed E-state index contributed by atoms with van der Waals surface area (Å²) >= 11 is 0. The fourth-order valence-corrected chi connectivity index (χ4v) is 3.97. The number of hydrogen-bond acceptors (Lipinski definition) is 5. The SMILES string of the molecule is C[C@H](NS(=O)(=O)c1cccc(C(=O)OCC(=O)c2ccc[nH]2)c1)c1ccccc1. The van der Waals surface area contributed by atoms with Gasteiger partial charge in [0.05, 0.1) is 16.2 Å². The molecule has 0 fully saturated rings. The third kappa shape index (κ3) is 5.18. The molecule has 0 saturated heterocycles. The molecule has 0 unspecified atom stereocenters. The average Bonchev–Trinajstić information content (AvgIpc) is 3.27. The van der Waals surface area contributed by atoms with Gasteiger partial charge in [-0.3, -0.25) is 4.79 Å². The molecule has 2 N–H and O–H groups in total. The van der Waals surface area contributed by atoms with Crippen LogP contribution in [-0.4, -0.2) is 31.8 Å². The predicted octanol–water partition coefficient (Wildman–Crippen LogP) is 3.09. The number of sulfonamides is 1. The summed E-state index contributed by atoms with van der Waals surface area (Å²) in [4.78, 5) is 26.8. The number of nitrogens with one attached hydrogen (secondary N) is 2. The van der Waals surface area contributed by atoms with Crippen LogP contribution in [-0.2, 0) is 14.8 Å². The van der Waals surface area contributed by atoms with E-state index in [0.717, 1.165) is 5.56 Å². The zero-order valence-corrected chi connectivity index (χ0v) is 16.5. The third-order valence-corrected chi connectivity index (χ3v) is 5.78. The Morgan fingerprint density at radius 2 is 1.79 bits per heavy atom. The van der Waals surface area contributed by atoms with Crippen LogP contribution in [0.1, 0.15) is 39.4 Å². The van der Waals surface area contributed by atoms with Crippen molar-refractivity contribution in [3.63, 3.8) is 0 Å². The van der Waals surface area contributed by atoms with Gasteiger partial charge in [0.1, 0.15) is 0 Å². The molecule has 0 aliphatic carbocycles. The maximum Gasteiger partial charge on any atom is 0.338 e. The molecule has 150 valence electrons. The molecule has 0 aliphatic rings. The Morgan fingerprint density at radius 3 is 2.48 bits per heavy atom. The first kappa shape index (κ1) is 20.5. The van der Waals surface area contributed by atoms with Crippen molar-refractivity contribution in [1.82, 2.24) is 9.71 Å². The summed E-state index contributed by atoms with van der Waals surface area (Å²) in [5.74, 6) is -1.16. The van der Waals surface area contributed by atoms with Gasteiger partial charge in [-0.1, -0.05) is 36.4 Å². The molecular weight excluding hydrogens is 392 g/mol. The van der Waals surface area contributed by atoms with E-state index >= 15 is 0 Å². The maximum absolute atomic E-state index is 12.7. The van der Waals surface area contributed by atoms with E-state index in [1.54, 1.807) is 25.3 Å². The zero-order chi connectivity index (χ0) is 20.9. The number of ether oxygens (including phenoxy) is 1. The van der Waals surface area contributed by atoms with E-state index < -0.39 is 28.6 Å². The number of ketones is 1. The summed E-state index contributed by atoms with van der Waals surface area (Å²) in [5.41, 5.74) is 1.18. The van der Waals surface area contributed by atoms with Gasteiger partial charge in [-0.15, -0.1) is 0 Å². The van der Waals surface area contributed by atoms with Crippen molar-refractivity contribution in [2.75, 3.05) is 6.61 Å². The molecular formula is C21H20N2O5S. The maximum atomic E-state index is 12.7. The van der Waals surface area contributed by atoms with Gasteiger partial charge < -0.3 is 9.72 Å². The summed E-state index contributed by atoms with van der Waals surface area (Å²) in [6.07, 6.45) is 1.59. The summed E-state index contributed by atoms with van der Waals surface area (Å²) < 4.78 is 33.0. The minimum absolute atomic E-state index is 0.0412. The fourth-order valence-electron chi connectivity index (χ4n) is 2.70. The minimum Gasteiger partial charge on any atom is -0.454 e. The molecule has 0 spiro atoms. The zero-order valence-electron chi connectivity index (χ0n) is 15.7. The number of benzene rings is 2. The van der Waals surface area contributed by atoms with Crippen LogP contribution in [0.15, 0.2) is 77.8 Å². The monoisotopic (exact) mass is 412 g/mol. The highest BCUT2D eigenvalue weighted by Gasteiger charge is 2.20. The number of esters is 1. The van der Waals surface area contributed by atoms with E-state index in [1.807, 2.05) is 30.3 Å². The lowest BCUT2D eigenvalue weighted by Crippen LogP contribution is -2.27. The minimum atomic E-state index is -3.86. The first-order valence-electron chi connectivity index (χ1n) is 8.88. The number of hydrogen-bond donors (Lipinski definition) is 2. The van der Waals surface area contributed by atoms with Crippen LogP contribution in [0.5, 0.6) is 0 Å². The molecule has 2 aromatic carbocycles. The Kier molecular flexibility index (Phi) is 6.26. The smallest absolute Gasteiger partial charge is 0.338 e. The number of rotatable bonds is 8. The van der Waals surface area contributed by atoms with Gasteiger partial charge in [0.2, 0.25) is 15.8 Å². The van der Waals surface area contributed by atoms with Gasteiger partial charge in [0.25, 0.3) is 0 Å². The lowest BCUT2D eigenvalue weighted by Gasteiger charge is -2.15. The molecule has 0 amide bonds. The predicted molar refractivity (Wildman–Crippen MR) is 107 cm³/mol. The van der Waals surface area contributed by atoms with Crippen molar-refractivity contribution >= 4 is 21.8 Å². The number of H-pyrrole nitrogens is 1. The average molecular weight is 412 g/mol. The highest BCUT2D eigenvalue weighted by molar-refractivity contribution is 7.89. The highest BCUT2D eigenvalue weighted by Crippen LogP contribution is 2.18. The number of aromatic nitrogens is 1. The molecule has 1 heterocycles. The standard InChI is InChI=1S/C21H20N2O5S/c1-15(16-7-3-2-4-8-16)23-29(26,27)18-10-5-9-17(13-18)21(25)28-14-20(24)19-11-6-12-22-19/h2-13,15,22-23H,14H2,1H3/t15-/m0/s1. The van der Waals surface area contributed by atoms with Crippen molar-refractivity contribution in [3.05, 3.63) is 89.7 Å². The first-order valence-corrected chi connectivity index (χ1v) is 10.4. The molecule has 0 aliphatic heterocycles. The van der Waals surface area contributed by atoms with Gasteiger partial charge in [-0.05, 0) is 42.8 Å². The van der Waals surface area contributed by atoms with E-state index in [0.29, 0.717) is 5.69 Å². The Labute approximate surface area is 168 Å². The molecule has 0 saturated carbocycles. The molecule has 8 heteroatoms. The molecule has 0 radical (unpaired) electrons. The summed E-state index contributed by atoms with van der Waals surface area (Å²) in [7, 11) is -3.86. The second-order valence-corrected chi connectivity index (χ2v) is 8.08. The highest BCUT2D eigenvalue weighted by atomic mass is 32.2. The van der Waals surface area contributed by atoms with E-state index in [1.165, 1.54) is 24.3 Å². The Bertz CT molecular complexity index is 1090. The van der Waals surface area contributed by atoms with Crippen molar-refractivity contribution in [2.45, 2.75) is 17.9 Å². The van der Waals surface area contributed by atoms with Gasteiger partial charge in [-0.25, -0.2) is 17.9 Å². The topological polar surface area (TPSA) is 105 Å². The van der Waals surface area contributed by atoms with E-state index in [4.69, 9.17) is 4.74 Å². The van der Waals surface area contributed by atoms with Crippen LogP contribution in [0, 0.1) is 0 Å². The number of carbonyl (C=O) groups is 2. The van der Waals surface area contributed by atoms with Crippen LogP contribution in [0.4, 0.5) is 0 Å². The largest absolute Gasteiger partial charge is 0.454 e. The number of carbonyl (C=O) groups excluding carboxylic acids is 2. The molecule has 3 aromatic rings. The molecule has 1 aromatic heterocycles. The molecule has 7 nitrogen and oxygen atoms in total. The Balaban J connectivity index is 1.69. The quantitative estimate of drug-likeness (QED) is 0.437. The second kappa shape index (κ2) is 8.85. The van der Waals surface area contributed by atoms with Crippen LogP contribution < -0.4 is 4.72 Å². The van der Waals surface area contributed by atoms with Crippen molar-refractivity contribution in [2.24, 2.45) is 0 Å². The number of aromatic amines is 1. The Morgan fingerprint density at radius 1 is 1.03 bits per heavy atom. The first-order chi connectivity index (χ1) is 13.9. The summed E-state index contributed by atoms with van der Waals surface area (Å²) in [6, 6.07) is 17.4. The van der Waals surface area contributed by atoms with Gasteiger partial charge in [0.15, 0.2) is 6.61 Å².